The first-order chi connectivity index (χ1) is 12.0. The number of ether oxygens (including phenoxy) is 1. The van der Waals surface area contributed by atoms with Crippen LogP contribution in [0.4, 0.5) is 5.69 Å². The summed E-state index contributed by atoms with van der Waals surface area (Å²) in [5.41, 5.74) is 2.18. The Hall–Kier alpha value is -2.37. The molecule has 1 aromatic carbocycles. The lowest BCUT2D eigenvalue weighted by Gasteiger charge is -2.13. The fourth-order valence-corrected chi connectivity index (χ4v) is 3.01. The number of benzene rings is 1. The number of fused-ring (bicyclic) bond motifs is 1. The maximum atomic E-state index is 12.8. The Bertz CT molecular complexity index is 940. The quantitative estimate of drug-likeness (QED) is 0.713. The first kappa shape index (κ1) is 17.5. The van der Waals surface area contributed by atoms with E-state index in [2.05, 4.69) is 15.3 Å². The largest absolute Gasteiger partial charge is 0.494 e. The minimum absolute atomic E-state index is 0.273. The molecule has 0 saturated heterocycles. The van der Waals surface area contributed by atoms with Gasteiger partial charge in [0.25, 0.3) is 5.91 Å². The molecule has 1 N–H and O–H groups in total. The van der Waals surface area contributed by atoms with Gasteiger partial charge in [0.2, 0.25) is 0 Å². The molecule has 0 saturated carbocycles. The molecule has 0 bridgehead atoms. The number of halogens is 2. The number of rotatable bonds is 4. The van der Waals surface area contributed by atoms with Gasteiger partial charge in [-0.1, -0.05) is 42.3 Å². The smallest absolute Gasteiger partial charge is 0.257 e. The van der Waals surface area contributed by atoms with Crippen molar-refractivity contribution in [3.8, 4) is 5.75 Å². The van der Waals surface area contributed by atoms with Gasteiger partial charge in [0.1, 0.15) is 11.3 Å². The predicted molar refractivity (Wildman–Crippen MR) is 99.9 cm³/mol. The van der Waals surface area contributed by atoms with Crippen LogP contribution < -0.4 is 10.1 Å². The first-order valence-corrected chi connectivity index (χ1v) is 8.37. The van der Waals surface area contributed by atoms with Crippen molar-refractivity contribution in [2.24, 2.45) is 0 Å². The van der Waals surface area contributed by atoms with Crippen LogP contribution in [0.25, 0.3) is 10.9 Å². The molecule has 128 valence electrons. The van der Waals surface area contributed by atoms with Crippen molar-refractivity contribution < 1.29 is 9.53 Å². The lowest BCUT2D eigenvalue weighted by atomic mass is 10.1. The molecule has 2 aromatic heterocycles. The van der Waals surface area contributed by atoms with E-state index in [9.17, 15) is 4.79 Å². The number of carbonyl (C=O) groups excluding carboxylic acids is 1. The van der Waals surface area contributed by atoms with Gasteiger partial charge in [-0.3, -0.25) is 9.78 Å². The number of para-hydroxylation sites is 1. The fraction of sp³-hybridized carbons (Fsp3) is 0.167. The molecule has 7 heteroatoms. The molecule has 0 aliphatic rings. The van der Waals surface area contributed by atoms with E-state index in [1.165, 1.54) is 12.4 Å². The standard InChI is InChI=1S/C18H15Cl2N3O2/c1-3-14-11(7-10-5-4-6-15(25-2)16(10)22-14)18(24)23-17-12(19)8-21-9-13(17)20/h4-9H,3H2,1-2H3,(H,21,23,24). The Kier molecular flexibility index (Phi) is 5.06. The summed E-state index contributed by atoms with van der Waals surface area (Å²) in [4.78, 5) is 21.3. The van der Waals surface area contributed by atoms with Crippen LogP contribution in [0.3, 0.4) is 0 Å². The minimum atomic E-state index is -0.330. The highest BCUT2D eigenvalue weighted by molar-refractivity contribution is 6.39. The van der Waals surface area contributed by atoms with Gasteiger partial charge in [-0.2, -0.15) is 0 Å². The van der Waals surface area contributed by atoms with Crippen molar-refractivity contribution >= 4 is 45.7 Å². The number of nitrogens with zero attached hydrogens (tertiary/aromatic N) is 2. The molecule has 3 aromatic rings. The number of carbonyl (C=O) groups is 1. The number of hydrogen-bond donors (Lipinski definition) is 1. The highest BCUT2D eigenvalue weighted by atomic mass is 35.5. The lowest BCUT2D eigenvalue weighted by molar-refractivity contribution is 0.102. The normalized spacial score (nSPS) is 10.7. The third-order valence-corrected chi connectivity index (χ3v) is 4.35. The first-order valence-electron chi connectivity index (χ1n) is 7.62. The van der Waals surface area contributed by atoms with Crippen molar-refractivity contribution in [3.63, 3.8) is 0 Å². The molecule has 0 aliphatic heterocycles. The van der Waals surface area contributed by atoms with Crippen molar-refractivity contribution in [2.45, 2.75) is 13.3 Å². The van der Waals surface area contributed by atoms with Gasteiger partial charge in [-0.25, -0.2) is 4.98 Å². The number of hydrogen-bond acceptors (Lipinski definition) is 4. The van der Waals surface area contributed by atoms with Crippen LogP contribution in [-0.2, 0) is 6.42 Å². The average molecular weight is 376 g/mol. The van der Waals surface area contributed by atoms with E-state index in [-0.39, 0.29) is 16.0 Å². The lowest BCUT2D eigenvalue weighted by Crippen LogP contribution is -2.16. The van der Waals surface area contributed by atoms with E-state index < -0.39 is 0 Å². The summed E-state index contributed by atoms with van der Waals surface area (Å²) in [5, 5.41) is 4.11. The number of nitrogens with one attached hydrogen (secondary N) is 1. The Balaban J connectivity index is 2.07. The predicted octanol–water partition coefficient (Wildman–Crippen LogP) is 4.76. The highest BCUT2D eigenvalue weighted by Crippen LogP contribution is 2.30. The second-order valence-electron chi connectivity index (χ2n) is 5.30. The zero-order chi connectivity index (χ0) is 18.0. The van der Waals surface area contributed by atoms with E-state index in [1.807, 2.05) is 25.1 Å². The molecule has 0 spiro atoms. The van der Waals surface area contributed by atoms with Gasteiger partial charge < -0.3 is 10.1 Å². The number of methoxy groups -OCH3 is 1. The zero-order valence-corrected chi connectivity index (χ0v) is 15.1. The molecule has 0 radical (unpaired) electrons. The van der Waals surface area contributed by atoms with E-state index in [0.29, 0.717) is 29.1 Å². The van der Waals surface area contributed by atoms with Crippen molar-refractivity contribution in [1.82, 2.24) is 9.97 Å². The Morgan fingerprint density at radius 1 is 1.24 bits per heavy atom. The molecular weight excluding hydrogens is 361 g/mol. The molecule has 5 nitrogen and oxygen atoms in total. The topological polar surface area (TPSA) is 64.1 Å². The minimum Gasteiger partial charge on any atom is -0.494 e. The van der Waals surface area contributed by atoms with E-state index in [0.717, 1.165) is 10.9 Å². The van der Waals surface area contributed by atoms with Crippen LogP contribution in [-0.4, -0.2) is 23.0 Å². The average Bonchev–Trinajstić information content (AvgIpc) is 2.62. The maximum Gasteiger partial charge on any atom is 0.257 e. The van der Waals surface area contributed by atoms with Crippen molar-refractivity contribution in [1.29, 1.82) is 0 Å². The van der Waals surface area contributed by atoms with E-state index in [1.54, 1.807) is 13.2 Å². The molecule has 0 aliphatic carbocycles. The Morgan fingerprint density at radius 3 is 2.60 bits per heavy atom. The maximum absolute atomic E-state index is 12.8. The summed E-state index contributed by atoms with van der Waals surface area (Å²) >= 11 is 12.2. The second-order valence-corrected chi connectivity index (χ2v) is 6.11. The summed E-state index contributed by atoms with van der Waals surface area (Å²) in [5.74, 6) is 0.337. The van der Waals surface area contributed by atoms with Crippen LogP contribution in [0.2, 0.25) is 10.0 Å². The Morgan fingerprint density at radius 2 is 1.96 bits per heavy atom. The number of amides is 1. The van der Waals surface area contributed by atoms with Gasteiger partial charge in [-0.05, 0) is 18.6 Å². The second kappa shape index (κ2) is 7.25. The van der Waals surface area contributed by atoms with Crippen LogP contribution >= 0.6 is 23.2 Å². The van der Waals surface area contributed by atoms with Gasteiger partial charge in [0, 0.05) is 17.8 Å². The van der Waals surface area contributed by atoms with Crippen LogP contribution in [0.5, 0.6) is 5.75 Å². The Labute approximate surface area is 155 Å². The number of anilines is 1. The van der Waals surface area contributed by atoms with Crippen LogP contribution in [0.1, 0.15) is 23.0 Å². The summed E-state index contributed by atoms with van der Waals surface area (Å²) < 4.78 is 5.35. The number of aryl methyl sites for hydroxylation is 1. The monoisotopic (exact) mass is 375 g/mol. The van der Waals surface area contributed by atoms with Gasteiger partial charge >= 0.3 is 0 Å². The molecule has 3 rings (SSSR count). The van der Waals surface area contributed by atoms with E-state index >= 15 is 0 Å². The summed E-state index contributed by atoms with van der Waals surface area (Å²) in [6.07, 6.45) is 3.44. The van der Waals surface area contributed by atoms with E-state index in [4.69, 9.17) is 27.9 Å². The van der Waals surface area contributed by atoms with Crippen molar-refractivity contribution in [2.75, 3.05) is 12.4 Å². The molecule has 0 atom stereocenters. The fourth-order valence-electron chi connectivity index (χ4n) is 2.55. The molecule has 0 fully saturated rings. The molecular formula is C18H15Cl2N3O2. The van der Waals surface area contributed by atoms with Crippen molar-refractivity contribution in [3.05, 3.63) is 58.0 Å². The molecule has 2 heterocycles. The summed E-state index contributed by atoms with van der Waals surface area (Å²) in [7, 11) is 1.59. The van der Waals surface area contributed by atoms with Gasteiger partial charge in [0.15, 0.2) is 0 Å². The van der Waals surface area contributed by atoms with Crippen LogP contribution in [0, 0.1) is 0 Å². The van der Waals surface area contributed by atoms with Gasteiger partial charge in [0.05, 0.1) is 34.1 Å². The summed E-state index contributed by atoms with van der Waals surface area (Å²) in [6, 6.07) is 7.37. The summed E-state index contributed by atoms with van der Waals surface area (Å²) in [6.45, 7) is 1.94. The number of pyridine rings is 2. The zero-order valence-electron chi connectivity index (χ0n) is 13.6. The SMILES string of the molecule is CCc1nc2c(OC)cccc2cc1C(=O)Nc1c(Cl)cncc1Cl. The number of aromatic nitrogens is 2. The molecule has 0 unspecified atom stereocenters. The molecule has 1 amide bonds. The third-order valence-electron chi connectivity index (χ3n) is 3.78. The third kappa shape index (κ3) is 3.38. The highest BCUT2D eigenvalue weighted by Gasteiger charge is 2.17. The van der Waals surface area contributed by atoms with Crippen LogP contribution in [0.15, 0.2) is 36.7 Å². The van der Waals surface area contributed by atoms with Gasteiger partial charge in [-0.15, -0.1) is 0 Å². The molecule has 25 heavy (non-hydrogen) atoms.